The van der Waals surface area contributed by atoms with Gasteiger partial charge in [-0.05, 0) is 36.2 Å². The van der Waals surface area contributed by atoms with E-state index < -0.39 is 6.04 Å². The fraction of sp³-hybridized carbons (Fsp3) is 0.214. The molecule has 33 heavy (non-hydrogen) atoms. The highest BCUT2D eigenvalue weighted by Gasteiger charge is 2.47. The molecule has 0 aliphatic carbocycles. The summed E-state index contributed by atoms with van der Waals surface area (Å²) in [6.45, 7) is 2.82. The third-order valence-corrected chi connectivity index (χ3v) is 7.17. The zero-order valence-electron chi connectivity index (χ0n) is 18.4. The Balaban J connectivity index is 1.44. The predicted octanol–water partition coefficient (Wildman–Crippen LogP) is 5.01. The fourth-order valence-corrected chi connectivity index (χ4v) is 5.59. The van der Waals surface area contributed by atoms with Crippen LogP contribution in [-0.2, 0) is 9.59 Å². The van der Waals surface area contributed by atoms with Gasteiger partial charge in [-0.1, -0.05) is 66.7 Å². The first-order valence-electron chi connectivity index (χ1n) is 11.5. The van der Waals surface area contributed by atoms with Gasteiger partial charge >= 0.3 is 0 Å². The van der Waals surface area contributed by atoms with Crippen LogP contribution in [0, 0.1) is 0 Å². The Labute approximate surface area is 192 Å². The van der Waals surface area contributed by atoms with Gasteiger partial charge in [0.15, 0.2) is 0 Å². The standard InChI is InChI=1S/C28H25N3O2/c1-18-27-26(21-14-8-9-15-23(21)29-27)22(19-10-4-2-5-11-19)17-30(18)24-16-25(32)31(28(24)33)20-12-6-3-7-13-20/h2-15,18,22,24,29H,16-17H2,1H3. The predicted molar refractivity (Wildman–Crippen MR) is 129 cm³/mol. The lowest BCUT2D eigenvalue weighted by atomic mass is 9.83. The van der Waals surface area contributed by atoms with E-state index in [0.29, 0.717) is 12.2 Å². The molecule has 1 fully saturated rings. The van der Waals surface area contributed by atoms with Crippen LogP contribution >= 0.6 is 0 Å². The average Bonchev–Trinajstić information content (AvgIpc) is 3.38. The molecule has 6 rings (SSSR count). The van der Waals surface area contributed by atoms with Crippen LogP contribution < -0.4 is 4.90 Å². The lowest BCUT2D eigenvalue weighted by Gasteiger charge is -2.40. The summed E-state index contributed by atoms with van der Waals surface area (Å²) in [5, 5.41) is 1.23. The van der Waals surface area contributed by atoms with E-state index in [1.54, 1.807) is 0 Å². The third-order valence-electron chi connectivity index (χ3n) is 7.17. The monoisotopic (exact) mass is 435 g/mol. The van der Waals surface area contributed by atoms with E-state index in [-0.39, 0.29) is 30.2 Å². The topological polar surface area (TPSA) is 56.4 Å². The second-order valence-electron chi connectivity index (χ2n) is 8.96. The van der Waals surface area contributed by atoms with Crippen LogP contribution in [0.5, 0.6) is 0 Å². The van der Waals surface area contributed by atoms with Crippen molar-refractivity contribution in [2.24, 2.45) is 0 Å². The van der Waals surface area contributed by atoms with Gasteiger partial charge in [0, 0.05) is 35.1 Å². The van der Waals surface area contributed by atoms with Gasteiger partial charge in [-0.2, -0.15) is 0 Å². The molecule has 164 valence electrons. The lowest BCUT2D eigenvalue weighted by molar-refractivity contribution is -0.123. The minimum Gasteiger partial charge on any atom is -0.357 e. The van der Waals surface area contributed by atoms with Gasteiger partial charge in [-0.3, -0.25) is 14.5 Å². The molecule has 4 aromatic rings. The summed E-state index contributed by atoms with van der Waals surface area (Å²) in [6.07, 6.45) is 0.204. The molecule has 5 heteroatoms. The van der Waals surface area contributed by atoms with E-state index in [9.17, 15) is 9.59 Å². The van der Waals surface area contributed by atoms with Crippen molar-refractivity contribution < 1.29 is 9.59 Å². The number of hydrogen-bond donors (Lipinski definition) is 1. The number of aromatic nitrogens is 1. The lowest BCUT2D eigenvalue weighted by Crippen LogP contribution is -2.47. The second kappa shape index (κ2) is 7.71. The molecule has 0 saturated carbocycles. The summed E-state index contributed by atoms with van der Waals surface area (Å²) in [5.74, 6) is -0.159. The molecule has 1 aromatic heterocycles. The number of anilines is 1. The number of imide groups is 1. The molecule has 1 saturated heterocycles. The summed E-state index contributed by atoms with van der Waals surface area (Å²) < 4.78 is 0. The quantitative estimate of drug-likeness (QED) is 0.460. The average molecular weight is 436 g/mol. The number of benzene rings is 3. The van der Waals surface area contributed by atoms with Crippen molar-refractivity contribution in [1.82, 2.24) is 9.88 Å². The van der Waals surface area contributed by atoms with E-state index in [2.05, 4.69) is 59.3 Å². The maximum atomic E-state index is 13.5. The maximum absolute atomic E-state index is 13.5. The number of aromatic amines is 1. The van der Waals surface area contributed by atoms with Crippen molar-refractivity contribution in [2.45, 2.75) is 31.3 Å². The van der Waals surface area contributed by atoms with E-state index in [1.165, 1.54) is 21.4 Å². The van der Waals surface area contributed by atoms with Crippen molar-refractivity contribution in [3.63, 3.8) is 0 Å². The number of carbonyl (C=O) groups excluding carboxylic acids is 2. The molecule has 3 aromatic carbocycles. The molecular formula is C28H25N3O2. The minimum absolute atomic E-state index is 0.00941. The smallest absolute Gasteiger partial charge is 0.251 e. The van der Waals surface area contributed by atoms with Crippen molar-refractivity contribution in [2.75, 3.05) is 11.4 Å². The number of amides is 2. The van der Waals surface area contributed by atoms with Crippen molar-refractivity contribution >= 4 is 28.4 Å². The van der Waals surface area contributed by atoms with Gasteiger partial charge in [-0.15, -0.1) is 0 Å². The second-order valence-corrected chi connectivity index (χ2v) is 8.96. The highest BCUT2D eigenvalue weighted by Crippen LogP contribution is 2.45. The summed E-state index contributed by atoms with van der Waals surface area (Å²) in [5.41, 5.74) is 5.41. The fourth-order valence-electron chi connectivity index (χ4n) is 5.59. The van der Waals surface area contributed by atoms with Gasteiger partial charge in [0.25, 0.3) is 5.91 Å². The minimum atomic E-state index is -0.474. The summed E-state index contributed by atoms with van der Waals surface area (Å²) >= 11 is 0. The van der Waals surface area contributed by atoms with Gasteiger partial charge in [0.05, 0.1) is 18.2 Å². The number of H-pyrrole nitrogens is 1. The number of hydrogen-bond acceptors (Lipinski definition) is 3. The Hall–Kier alpha value is -3.70. The molecule has 1 N–H and O–H groups in total. The number of nitrogens with one attached hydrogen (secondary N) is 1. The van der Waals surface area contributed by atoms with Gasteiger partial charge in [0.1, 0.15) is 0 Å². The molecule has 5 nitrogen and oxygen atoms in total. The van der Waals surface area contributed by atoms with Crippen LogP contribution in [0.15, 0.2) is 84.9 Å². The van der Waals surface area contributed by atoms with Gasteiger partial charge in [0.2, 0.25) is 5.91 Å². The Morgan fingerprint density at radius 3 is 2.27 bits per heavy atom. The molecule has 0 spiro atoms. The highest BCUT2D eigenvalue weighted by molar-refractivity contribution is 6.22. The van der Waals surface area contributed by atoms with Gasteiger partial charge < -0.3 is 4.98 Å². The van der Waals surface area contributed by atoms with Crippen LogP contribution in [0.25, 0.3) is 10.9 Å². The Morgan fingerprint density at radius 2 is 1.52 bits per heavy atom. The Kier molecular flexibility index (Phi) is 4.66. The largest absolute Gasteiger partial charge is 0.357 e. The van der Waals surface area contributed by atoms with Crippen LogP contribution in [0.2, 0.25) is 0 Å². The first-order chi connectivity index (χ1) is 16.1. The third kappa shape index (κ3) is 3.11. The zero-order chi connectivity index (χ0) is 22.5. The first kappa shape index (κ1) is 19.9. The molecule has 2 aliphatic heterocycles. The van der Waals surface area contributed by atoms with E-state index in [1.807, 2.05) is 42.5 Å². The molecular weight excluding hydrogens is 410 g/mol. The van der Waals surface area contributed by atoms with Crippen LogP contribution in [0.3, 0.4) is 0 Å². The molecule has 0 bridgehead atoms. The Morgan fingerprint density at radius 1 is 0.848 bits per heavy atom. The normalized spacial score (nSPS) is 23.3. The number of rotatable bonds is 3. The van der Waals surface area contributed by atoms with Crippen molar-refractivity contribution in [3.05, 3.63) is 102 Å². The molecule has 2 aliphatic rings. The van der Waals surface area contributed by atoms with Crippen LogP contribution in [0.4, 0.5) is 5.69 Å². The Bertz CT molecular complexity index is 1350. The van der Waals surface area contributed by atoms with Gasteiger partial charge in [-0.25, -0.2) is 4.90 Å². The van der Waals surface area contributed by atoms with Crippen LogP contribution in [0.1, 0.15) is 42.1 Å². The number of fused-ring (bicyclic) bond motifs is 3. The first-order valence-corrected chi connectivity index (χ1v) is 11.5. The molecule has 3 atom stereocenters. The summed E-state index contributed by atoms with van der Waals surface area (Å²) in [7, 11) is 0. The SMILES string of the molecule is CC1c2[nH]c3ccccc3c2C(c2ccccc2)CN1C1CC(=O)N(c2ccccc2)C1=O. The van der Waals surface area contributed by atoms with Crippen molar-refractivity contribution in [3.8, 4) is 0 Å². The van der Waals surface area contributed by atoms with Crippen molar-refractivity contribution in [1.29, 1.82) is 0 Å². The molecule has 3 heterocycles. The summed E-state index contributed by atoms with van der Waals surface area (Å²) in [6, 6.07) is 27.6. The number of nitrogens with zero attached hydrogens (tertiary/aromatic N) is 2. The van der Waals surface area contributed by atoms with Crippen LogP contribution in [-0.4, -0.2) is 34.3 Å². The molecule has 2 amide bonds. The molecule has 3 unspecified atom stereocenters. The zero-order valence-corrected chi connectivity index (χ0v) is 18.4. The van der Waals surface area contributed by atoms with E-state index in [4.69, 9.17) is 0 Å². The number of para-hydroxylation sites is 2. The molecule has 0 radical (unpaired) electrons. The summed E-state index contributed by atoms with van der Waals surface area (Å²) in [4.78, 5) is 33.7. The highest BCUT2D eigenvalue weighted by atomic mass is 16.2. The van der Waals surface area contributed by atoms with E-state index >= 15 is 0 Å². The van der Waals surface area contributed by atoms with E-state index in [0.717, 1.165) is 11.2 Å². The maximum Gasteiger partial charge on any atom is 0.251 e. The number of carbonyl (C=O) groups is 2.